The van der Waals surface area contributed by atoms with Gasteiger partial charge in [-0.05, 0) is 291 Å². The fourth-order valence-electron chi connectivity index (χ4n) is 19.9. The minimum Gasteiger partial charge on any atom is -0.340 e. The van der Waals surface area contributed by atoms with Gasteiger partial charge in [0, 0.05) is 215 Å². The largest absolute Gasteiger partial charge is 0.340 e. The van der Waals surface area contributed by atoms with Crippen molar-refractivity contribution in [1.82, 2.24) is 59.1 Å². The zero-order valence-electron chi connectivity index (χ0n) is 75.3. The van der Waals surface area contributed by atoms with Crippen molar-refractivity contribution in [1.29, 1.82) is 0 Å². The van der Waals surface area contributed by atoms with E-state index in [0.717, 1.165) is 209 Å². The molecule has 4 unspecified atom stereocenters. The normalized spacial score (nSPS) is 18.3. The summed E-state index contributed by atoms with van der Waals surface area (Å²) >= 11 is 47.9. The Morgan fingerprint density at radius 1 is 0.306 bits per heavy atom. The minimum atomic E-state index is 0.00525. The van der Waals surface area contributed by atoms with Crippen molar-refractivity contribution in [2.45, 2.75) is 101 Å². The average molecular weight is 2270 g/mol. The van der Waals surface area contributed by atoms with E-state index in [4.69, 9.17) is 66.3 Å². The number of benzene rings is 4. The second-order valence-electron chi connectivity index (χ2n) is 35.8. The number of aryl methyl sites for hydroxylation is 10. The van der Waals surface area contributed by atoms with Gasteiger partial charge in [-0.2, -0.15) is 0 Å². The Morgan fingerprint density at radius 2 is 0.582 bits per heavy atom. The molecule has 692 valence electrons. The zero-order chi connectivity index (χ0) is 93.5. The van der Waals surface area contributed by atoms with Crippen LogP contribution in [0.5, 0.6) is 0 Å². The highest BCUT2D eigenvalue weighted by atomic mass is 79.9. The molecule has 0 N–H and O–H groups in total. The van der Waals surface area contributed by atoms with Crippen LogP contribution in [0.25, 0.3) is 0 Å². The van der Waals surface area contributed by atoms with Crippen molar-refractivity contribution in [2.75, 3.05) is 105 Å². The highest BCUT2D eigenvalue weighted by Crippen LogP contribution is 2.47. The van der Waals surface area contributed by atoms with Crippen LogP contribution < -0.4 is 18.3 Å². The smallest absolute Gasteiger partial charge is 0.227 e. The van der Waals surface area contributed by atoms with E-state index in [-0.39, 0.29) is 47.8 Å². The standard InChI is InChI=1S/2C26H26Br2ClN4O.2C26H27BrClN4O/c2*1-31-8-6-17(7-9-31)14-23(34)32-10-12-33(13-11-32)26-21-4-5-22(29)24(28)20(21)3-2-18-15-19(27)16-30-25(18)26;1-30-8-6-18(7-9-30)14-24(33)31-10-12-32(13-11-31)26-23-5-4-22(28)16-19(23)2-3-20-15-21(27)17-29-25(20)26;1-30-9-7-18(8-10-30)15-23(33)31-11-13-32(14-12-31)26-24-19(3-2-4-22(24)28)5-6-20-16-21(27)17-29-25(20)26/h2*4-9,15-16,26H,2-3,10-14H2,1H3;4-9,15-17,26H,2-3,10-14H2,1H3;2-4,7-10,16-17,26H,5-6,11-15H2,1H3/q4*+1. The number of hydrogen-bond donors (Lipinski definition) is 0. The van der Waals surface area contributed by atoms with Crippen LogP contribution in [0, 0.1) is 0 Å². The van der Waals surface area contributed by atoms with E-state index >= 15 is 0 Å². The van der Waals surface area contributed by atoms with Crippen LogP contribution in [0.3, 0.4) is 0 Å². The first kappa shape index (κ1) is 97.5. The number of hydrogen-bond acceptors (Lipinski definition) is 12. The first-order valence-corrected chi connectivity index (χ1v) is 52.0. The quantitative estimate of drug-likeness (QED) is 0.107. The van der Waals surface area contributed by atoms with E-state index in [1.807, 2.05) is 219 Å². The number of amides is 4. The van der Waals surface area contributed by atoms with E-state index in [9.17, 15) is 19.2 Å². The van der Waals surface area contributed by atoms with E-state index < -0.39 is 0 Å². The summed E-state index contributed by atoms with van der Waals surface area (Å²) in [7, 11) is 7.92. The SMILES string of the molecule is C[n+]1ccc(CC(=O)N2CCN(C3c4ccc(Cl)c(Br)c4CCc4cc(Br)cnc43)CC2)cc1.C[n+]1ccc(CC(=O)N2CCN(C3c4ccc(Cl)c(Br)c4CCc4cc(Br)cnc43)CC2)cc1.C[n+]1ccc(CC(=O)N2CCN(C3c4ccc(Cl)cc4CCc4cc(Br)cnc43)CC2)cc1.C[n+]1ccc(CC(=O)N2CCN(C3c4ncc(Br)cc4CCc4cccc(Cl)c43)CC2)cc1. The van der Waals surface area contributed by atoms with Crippen LogP contribution in [0.15, 0.2) is 235 Å². The summed E-state index contributed by atoms with van der Waals surface area (Å²) in [4.78, 5) is 89.1. The number of piperazine rings is 4. The molecule has 8 aromatic heterocycles. The monoisotopic (exact) mass is 2260 g/mol. The fraction of sp³-hybridized carbons (Fsp3) is 0.346. The Morgan fingerprint density at radius 3 is 0.910 bits per heavy atom. The highest BCUT2D eigenvalue weighted by Gasteiger charge is 2.41. The van der Waals surface area contributed by atoms with E-state index in [1.165, 1.54) is 66.8 Å². The molecular formula is C104H106Br6Cl4N16O4+4. The molecule has 4 aliphatic heterocycles. The molecule has 134 heavy (non-hydrogen) atoms. The topological polar surface area (TPSA) is 161 Å². The third kappa shape index (κ3) is 23.0. The molecule has 0 bridgehead atoms. The summed E-state index contributed by atoms with van der Waals surface area (Å²) in [5.74, 6) is 0.753. The molecule has 4 aromatic carbocycles. The predicted molar refractivity (Wildman–Crippen MR) is 544 cm³/mol. The van der Waals surface area contributed by atoms with Gasteiger partial charge in [-0.15, -0.1) is 0 Å². The third-order valence-corrected chi connectivity index (χ3v) is 32.3. The van der Waals surface area contributed by atoms with E-state index in [0.29, 0.717) is 65.0 Å². The van der Waals surface area contributed by atoms with Gasteiger partial charge in [0.1, 0.15) is 28.2 Å². The van der Waals surface area contributed by atoms with Crippen LogP contribution in [-0.4, -0.2) is 187 Å². The van der Waals surface area contributed by atoms with Gasteiger partial charge in [-0.3, -0.25) is 58.7 Å². The summed E-state index contributed by atoms with van der Waals surface area (Å²) in [6.45, 7) is 12.2. The van der Waals surface area contributed by atoms with E-state index in [2.05, 4.69) is 170 Å². The maximum absolute atomic E-state index is 13.0. The maximum Gasteiger partial charge on any atom is 0.227 e. The van der Waals surface area contributed by atoms with Gasteiger partial charge < -0.3 is 19.6 Å². The van der Waals surface area contributed by atoms with Gasteiger partial charge in [0.25, 0.3) is 0 Å². The van der Waals surface area contributed by atoms with Crippen molar-refractivity contribution in [2.24, 2.45) is 28.2 Å². The molecule has 4 atom stereocenters. The lowest BCUT2D eigenvalue weighted by molar-refractivity contribution is -0.671. The molecule has 4 amide bonds. The van der Waals surface area contributed by atoms with Gasteiger partial charge in [-0.25, -0.2) is 18.3 Å². The van der Waals surface area contributed by atoms with Gasteiger partial charge in [0.15, 0.2) is 49.6 Å². The Labute approximate surface area is 854 Å². The summed E-state index contributed by atoms with van der Waals surface area (Å²) < 4.78 is 13.9. The first-order valence-electron chi connectivity index (χ1n) is 45.7. The lowest BCUT2D eigenvalue weighted by atomic mass is 9.96. The Hall–Kier alpha value is -8.16. The summed E-state index contributed by atoms with van der Waals surface area (Å²) in [5.41, 5.74) is 23.7. The maximum atomic E-state index is 13.0. The first-order chi connectivity index (χ1) is 64.8. The van der Waals surface area contributed by atoms with Crippen molar-refractivity contribution in [3.63, 3.8) is 0 Å². The Kier molecular flexibility index (Phi) is 32.2. The van der Waals surface area contributed by atoms with Crippen molar-refractivity contribution in [3.8, 4) is 0 Å². The molecule has 0 spiro atoms. The lowest BCUT2D eigenvalue weighted by Crippen LogP contribution is -2.50. The highest BCUT2D eigenvalue weighted by molar-refractivity contribution is 9.11. The molecule has 4 fully saturated rings. The van der Waals surface area contributed by atoms with Gasteiger partial charge >= 0.3 is 0 Å². The third-order valence-electron chi connectivity index (χ3n) is 27.1. The molecule has 4 saturated heterocycles. The number of pyridine rings is 8. The number of halogens is 10. The molecular weight excluding hydrogens is 2160 g/mol. The molecule has 20 rings (SSSR count). The number of carbonyl (C=O) groups excluding carboxylic acids is 4. The van der Waals surface area contributed by atoms with Gasteiger partial charge in [-0.1, -0.05) is 76.7 Å². The van der Waals surface area contributed by atoms with Crippen molar-refractivity contribution >= 4 is 166 Å². The lowest BCUT2D eigenvalue weighted by Gasteiger charge is -2.40. The molecule has 8 aliphatic rings. The van der Waals surface area contributed by atoms with Crippen molar-refractivity contribution in [3.05, 3.63) is 367 Å². The molecule has 0 saturated carbocycles. The molecule has 12 aromatic rings. The predicted octanol–water partition coefficient (Wildman–Crippen LogP) is 17.1. The van der Waals surface area contributed by atoms with Gasteiger partial charge in [0.2, 0.25) is 23.6 Å². The summed E-state index contributed by atoms with van der Waals surface area (Å²) in [6, 6.07) is 45.8. The number of fused-ring (bicyclic) bond motifs is 8. The van der Waals surface area contributed by atoms with Crippen molar-refractivity contribution < 1.29 is 37.4 Å². The Balaban J connectivity index is 0.000000124. The van der Waals surface area contributed by atoms with Crippen LogP contribution in [-0.2, 0) is 124 Å². The molecule has 20 nitrogen and oxygen atoms in total. The summed E-state index contributed by atoms with van der Waals surface area (Å²) in [5, 5.41) is 3.05. The van der Waals surface area contributed by atoms with Crippen LogP contribution in [0.4, 0.5) is 0 Å². The molecule has 12 heterocycles. The van der Waals surface area contributed by atoms with Crippen LogP contribution >= 0.6 is 142 Å². The second kappa shape index (κ2) is 44.3. The molecule has 4 aliphatic carbocycles. The fourth-order valence-corrected chi connectivity index (χ4v) is 23.4. The van der Waals surface area contributed by atoms with E-state index in [1.54, 1.807) is 0 Å². The number of nitrogens with zero attached hydrogens (tertiary/aromatic N) is 16. The number of carbonyl (C=O) groups is 4. The molecule has 0 radical (unpaired) electrons. The van der Waals surface area contributed by atoms with Gasteiger partial charge in [0.05, 0.1) is 82.7 Å². The zero-order valence-corrected chi connectivity index (χ0v) is 87.8. The number of aromatic nitrogens is 8. The Bertz CT molecular complexity index is 6070. The molecule has 30 heteroatoms. The number of rotatable bonds is 12. The minimum absolute atomic E-state index is 0.00525. The van der Waals surface area contributed by atoms with Crippen LogP contribution in [0.2, 0.25) is 20.1 Å². The second-order valence-corrected chi connectivity index (χ2v) is 42.7. The van der Waals surface area contributed by atoms with Crippen LogP contribution in [0.1, 0.15) is 136 Å². The summed E-state index contributed by atoms with van der Waals surface area (Å²) in [6.07, 6.45) is 32.6. The average Bonchev–Trinajstić information content (AvgIpc) is 1.57.